The van der Waals surface area contributed by atoms with Crippen LogP contribution in [0.1, 0.15) is 56.9 Å². The van der Waals surface area contributed by atoms with E-state index in [-0.39, 0.29) is 11.9 Å². The quantitative estimate of drug-likeness (QED) is 0.777. The van der Waals surface area contributed by atoms with Gasteiger partial charge in [0, 0.05) is 30.9 Å². The minimum Gasteiger partial charge on any atom is -0.355 e. The van der Waals surface area contributed by atoms with Crippen molar-refractivity contribution < 1.29 is 4.79 Å². The number of nitrogens with one attached hydrogen (secondary N) is 1. The zero-order valence-corrected chi connectivity index (χ0v) is 18.1. The summed E-state index contributed by atoms with van der Waals surface area (Å²) in [5, 5.41) is 4.27. The molecule has 5 heteroatoms. The molecule has 2 aromatic rings. The van der Waals surface area contributed by atoms with Crippen molar-refractivity contribution in [3.63, 3.8) is 0 Å². The highest BCUT2D eigenvalue weighted by Gasteiger charge is 2.32. The van der Waals surface area contributed by atoms with Crippen molar-refractivity contribution in [3.05, 3.63) is 29.8 Å². The van der Waals surface area contributed by atoms with E-state index in [1.54, 1.807) is 0 Å². The molecule has 5 rings (SSSR count). The minimum absolute atomic E-state index is 0.158. The lowest BCUT2D eigenvalue weighted by molar-refractivity contribution is -0.117. The van der Waals surface area contributed by atoms with Crippen molar-refractivity contribution in [2.24, 2.45) is 23.5 Å². The highest BCUT2D eigenvalue weighted by molar-refractivity contribution is 6.02. The Bertz CT molecular complexity index is 930. The molecule has 1 amide bonds. The van der Waals surface area contributed by atoms with Crippen LogP contribution in [-0.2, 0) is 4.79 Å². The fraction of sp³-hybridized carbons (Fsp3) is 0.600. The van der Waals surface area contributed by atoms with Crippen LogP contribution >= 0.6 is 0 Å². The number of hydrogen-bond donors (Lipinski definition) is 2. The van der Waals surface area contributed by atoms with Crippen LogP contribution < -0.4 is 16.0 Å². The Morgan fingerprint density at radius 1 is 1.13 bits per heavy atom. The Labute approximate surface area is 179 Å². The third kappa shape index (κ3) is 4.04. The van der Waals surface area contributed by atoms with E-state index in [1.807, 2.05) is 0 Å². The van der Waals surface area contributed by atoms with Crippen molar-refractivity contribution in [1.29, 1.82) is 0 Å². The van der Waals surface area contributed by atoms with Gasteiger partial charge in [-0.1, -0.05) is 25.3 Å². The summed E-state index contributed by atoms with van der Waals surface area (Å²) in [4.78, 5) is 20.1. The van der Waals surface area contributed by atoms with E-state index in [2.05, 4.69) is 41.4 Å². The lowest BCUT2D eigenvalue weighted by Crippen LogP contribution is -2.29. The molecule has 2 saturated carbocycles. The number of nitrogens with zero attached hydrogens (tertiary/aromatic N) is 2. The van der Waals surface area contributed by atoms with Gasteiger partial charge in [-0.15, -0.1) is 0 Å². The summed E-state index contributed by atoms with van der Waals surface area (Å²) >= 11 is 0. The molecular formula is C25H34N4O. The lowest BCUT2D eigenvalue weighted by atomic mass is 9.67. The average molecular weight is 407 g/mol. The zero-order chi connectivity index (χ0) is 20.7. The number of nitrogens with two attached hydrogens (primary N) is 1. The summed E-state index contributed by atoms with van der Waals surface area (Å²) in [7, 11) is 0. The number of pyridine rings is 1. The molecule has 3 atom stereocenters. The van der Waals surface area contributed by atoms with Gasteiger partial charge in [0.1, 0.15) is 5.82 Å². The Morgan fingerprint density at radius 2 is 1.93 bits per heavy atom. The van der Waals surface area contributed by atoms with Gasteiger partial charge in [0.25, 0.3) is 0 Å². The smallest absolute Gasteiger partial charge is 0.224 e. The molecule has 3 fully saturated rings. The second-order valence-electron chi connectivity index (χ2n) is 9.98. The number of rotatable bonds is 4. The van der Waals surface area contributed by atoms with Crippen molar-refractivity contribution in [2.45, 2.75) is 64.3 Å². The third-order valence-electron chi connectivity index (χ3n) is 7.58. The van der Waals surface area contributed by atoms with Gasteiger partial charge in [0.2, 0.25) is 5.91 Å². The van der Waals surface area contributed by atoms with Crippen molar-refractivity contribution in [3.8, 4) is 0 Å². The minimum atomic E-state index is 0.158. The molecule has 0 spiro atoms. The molecule has 160 valence electrons. The predicted molar refractivity (Wildman–Crippen MR) is 123 cm³/mol. The first-order chi connectivity index (χ1) is 14.5. The maximum Gasteiger partial charge on any atom is 0.224 e. The van der Waals surface area contributed by atoms with E-state index in [9.17, 15) is 4.79 Å². The number of carbonyl (C=O) groups excluding carboxylic acids is 1. The van der Waals surface area contributed by atoms with Gasteiger partial charge in [-0.25, -0.2) is 4.98 Å². The Hall–Kier alpha value is -2.14. The number of anilines is 2. The second kappa shape index (κ2) is 8.18. The normalized spacial score (nSPS) is 28.7. The molecule has 0 radical (unpaired) electrons. The molecule has 2 heterocycles. The number of benzene rings is 1. The molecule has 1 aliphatic heterocycles. The van der Waals surface area contributed by atoms with E-state index in [4.69, 9.17) is 10.7 Å². The summed E-state index contributed by atoms with van der Waals surface area (Å²) in [6, 6.07) is 8.53. The number of fused-ring (bicyclic) bond motifs is 3. The fourth-order valence-corrected chi connectivity index (χ4v) is 6.13. The van der Waals surface area contributed by atoms with E-state index in [1.165, 1.54) is 38.5 Å². The molecule has 1 aromatic heterocycles. The maximum absolute atomic E-state index is 13.0. The van der Waals surface area contributed by atoms with Crippen LogP contribution in [0.3, 0.4) is 0 Å². The average Bonchev–Trinajstić information content (AvgIpc) is 3.16. The second-order valence-corrected chi connectivity index (χ2v) is 9.98. The third-order valence-corrected chi connectivity index (χ3v) is 7.58. The highest BCUT2D eigenvalue weighted by atomic mass is 16.1. The van der Waals surface area contributed by atoms with Gasteiger partial charge >= 0.3 is 0 Å². The van der Waals surface area contributed by atoms with Crippen LogP contribution in [0.25, 0.3) is 10.9 Å². The summed E-state index contributed by atoms with van der Waals surface area (Å²) in [6.45, 7) is 3.88. The molecule has 5 nitrogen and oxygen atoms in total. The number of aromatic nitrogens is 1. The van der Waals surface area contributed by atoms with Crippen molar-refractivity contribution in [1.82, 2.24) is 4.98 Å². The van der Waals surface area contributed by atoms with Gasteiger partial charge < -0.3 is 16.0 Å². The monoisotopic (exact) mass is 406 g/mol. The predicted octanol–water partition coefficient (Wildman–Crippen LogP) is 4.63. The summed E-state index contributed by atoms with van der Waals surface area (Å²) in [5.74, 6) is 3.40. The Morgan fingerprint density at radius 3 is 2.67 bits per heavy atom. The molecular weight excluding hydrogens is 372 g/mol. The van der Waals surface area contributed by atoms with Gasteiger partial charge in [-0.3, -0.25) is 4.79 Å². The van der Waals surface area contributed by atoms with Crippen LogP contribution in [0.4, 0.5) is 11.5 Å². The molecule has 2 aliphatic carbocycles. The fourth-order valence-electron chi connectivity index (χ4n) is 6.13. The number of carbonyl (C=O) groups is 1. The van der Waals surface area contributed by atoms with Gasteiger partial charge in [0.15, 0.2) is 0 Å². The van der Waals surface area contributed by atoms with E-state index >= 15 is 0 Å². The first-order valence-electron chi connectivity index (χ1n) is 11.8. The van der Waals surface area contributed by atoms with Crippen LogP contribution in [-0.4, -0.2) is 30.0 Å². The van der Waals surface area contributed by atoms with Gasteiger partial charge in [-0.2, -0.15) is 0 Å². The van der Waals surface area contributed by atoms with E-state index < -0.39 is 0 Å². The molecule has 2 bridgehead atoms. The van der Waals surface area contributed by atoms with Gasteiger partial charge in [0.05, 0.1) is 11.2 Å². The largest absolute Gasteiger partial charge is 0.355 e. The standard InChI is InChI=1S/C25H34N4O/c1-16-5-7-22-21(6-8-23(27-22)29-10-9-20(26)15-29)25(16)28-24(30)14-19-12-17-3-2-4-18(11-17)13-19/h5-8,17-20H,2-4,9-15,26H2,1H3,(H,28,30)/t17?,18?,19?,20-/m1/s1. The maximum atomic E-state index is 13.0. The van der Waals surface area contributed by atoms with E-state index in [0.717, 1.165) is 59.3 Å². The molecule has 3 N–H and O–H groups in total. The van der Waals surface area contributed by atoms with Crippen molar-refractivity contribution in [2.75, 3.05) is 23.3 Å². The highest BCUT2D eigenvalue weighted by Crippen LogP contribution is 2.43. The molecule has 30 heavy (non-hydrogen) atoms. The zero-order valence-electron chi connectivity index (χ0n) is 18.1. The van der Waals surface area contributed by atoms with Crippen LogP contribution in [0.15, 0.2) is 24.3 Å². The molecule has 2 unspecified atom stereocenters. The lowest BCUT2D eigenvalue weighted by Gasteiger charge is -2.38. The Kier molecular flexibility index (Phi) is 5.40. The topological polar surface area (TPSA) is 71.2 Å². The van der Waals surface area contributed by atoms with Crippen molar-refractivity contribution >= 4 is 28.3 Å². The SMILES string of the molecule is Cc1ccc2nc(N3CC[C@@H](N)C3)ccc2c1NC(=O)CC1CC2CCCC(C2)C1. The molecule has 3 aliphatic rings. The van der Waals surface area contributed by atoms with Gasteiger partial charge in [-0.05, 0) is 74.1 Å². The van der Waals surface area contributed by atoms with Crippen LogP contribution in [0.2, 0.25) is 0 Å². The first-order valence-corrected chi connectivity index (χ1v) is 11.8. The van der Waals surface area contributed by atoms with E-state index in [0.29, 0.717) is 12.3 Å². The van der Waals surface area contributed by atoms with Crippen LogP contribution in [0, 0.1) is 24.7 Å². The molecule has 1 aromatic carbocycles. The number of amides is 1. The number of hydrogen-bond acceptors (Lipinski definition) is 4. The van der Waals surface area contributed by atoms with Crippen LogP contribution in [0.5, 0.6) is 0 Å². The summed E-state index contributed by atoms with van der Waals surface area (Å²) in [5.41, 5.74) is 9.01. The first kappa shape index (κ1) is 19.8. The molecule has 1 saturated heterocycles. The number of aryl methyl sites for hydroxylation is 1. The summed E-state index contributed by atoms with van der Waals surface area (Å²) in [6.07, 6.45) is 9.67. The summed E-state index contributed by atoms with van der Waals surface area (Å²) < 4.78 is 0. The Balaban J connectivity index is 1.32.